The van der Waals surface area contributed by atoms with Crippen LogP contribution in [0.4, 0.5) is 18.9 Å². The van der Waals surface area contributed by atoms with Crippen LogP contribution in [0.5, 0.6) is 0 Å². The molecule has 0 aliphatic carbocycles. The molecule has 0 radical (unpaired) electrons. The van der Waals surface area contributed by atoms with Gasteiger partial charge in [0.05, 0.1) is 15.5 Å². The summed E-state index contributed by atoms with van der Waals surface area (Å²) in [5, 5.41) is 2.27. The molecule has 1 heterocycles. The summed E-state index contributed by atoms with van der Waals surface area (Å²) in [6.07, 6.45) is -3.32. The highest BCUT2D eigenvalue weighted by Gasteiger charge is 2.37. The lowest BCUT2D eigenvalue weighted by Crippen LogP contribution is -2.41. The molecule has 0 saturated carbocycles. The van der Waals surface area contributed by atoms with Gasteiger partial charge in [0, 0.05) is 24.7 Å². The number of rotatable bonds is 5. The Labute approximate surface area is 184 Å². The molecule has 1 amide bonds. The van der Waals surface area contributed by atoms with Gasteiger partial charge in [0.2, 0.25) is 15.9 Å². The maximum absolute atomic E-state index is 13.1. The summed E-state index contributed by atoms with van der Waals surface area (Å²) in [7, 11) is -4.13. The van der Waals surface area contributed by atoms with Crippen molar-refractivity contribution in [1.82, 2.24) is 4.31 Å². The van der Waals surface area contributed by atoms with Crippen LogP contribution in [0, 0.1) is 5.92 Å². The smallest absolute Gasteiger partial charge is 0.326 e. The molecule has 1 aliphatic heterocycles. The van der Waals surface area contributed by atoms with Gasteiger partial charge in [0.1, 0.15) is 0 Å². The molecule has 1 saturated heterocycles. The third-order valence-electron chi connectivity index (χ3n) is 5.34. The minimum atomic E-state index is -4.76. The van der Waals surface area contributed by atoms with Gasteiger partial charge in [-0.05, 0) is 55.2 Å². The second-order valence-corrected chi connectivity index (χ2v) is 9.70. The second kappa shape index (κ2) is 9.18. The second-order valence-electron chi connectivity index (χ2n) is 7.36. The number of alkyl halides is 3. The van der Waals surface area contributed by atoms with Crippen LogP contribution in [-0.2, 0) is 27.4 Å². The van der Waals surface area contributed by atoms with Gasteiger partial charge in [-0.3, -0.25) is 4.79 Å². The van der Waals surface area contributed by atoms with E-state index in [9.17, 15) is 26.4 Å². The lowest BCUT2D eigenvalue weighted by Gasteiger charge is -2.30. The van der Waals surface area contributed by atoms with Crippen molar-refractivity contribution in [1.29, 1.82) is 0 Å². The summed E-state index contributed by atoms with van der Waals surface area (Å²) in [6, 6.07) is 10.0. The summed E-state index contributed by atoms with van der Waals surface area (Å²) < 4.78 is 66.0. The number of nitrogens with one attached hydrogen (secondary N) is 1. The predicted molar refractivity (Wildman–Crippen MR) is 112 cm³/mol. The molecule has 0 unspecified atom stereocenters. The van der Waals surface area contributed by atoms with E-state index in [2.05, 4.69) is 5.32 Å². The van der Waals surface area contributed by atoms with Crippen molar-refractivity contribution in [3.8, 4) is 0 Å². The van der Waals surface area contributed by atoms with Crippen LogP contribution in [0.3, 0.4) is 0 Å². The highest BCUT2D eigenvalue weighted by atomic mass is 35.5. The Bertz CT molecular complexity index is 1050. The molecule has 1 N–H and O–H groups in total. The van der Waals surface area contributed by atoms with Crippen molar-refractivity contribution in [2.45, 2.75) is 37.3 Å². The molecule has 1 aliphatic rings. The highest BCUT2D eigenvalue weighted by molar-refractivity contribution is 7.89. The van der Waals surface area contributed by atoms with E-state index in [1.165, 1.54) is 0 Å². The van der Waals surface area contributed by atoms with Crippen LogP contribution in [0.25, 0.3) is 0 Å². The molecule has 0 atom stereocenters. The van der Waals surface area contributed by atoms with Crippen molar-refractivity contribution in [3.05, 3.63) is 58.6 Å². The minimum Gasteiger partial charge on any atom is -0.326 e. The van der Waals surface area contributed by atoms with E-state index < -0.39 is 31.7 Å². The van der Waals surface area contributed by atoms with E-state index >= 15 is 0 Å². The Morgan fingerprint density at radius 1 is 1.13 bits per heavy atom. The third kappa shape index (κ3) is 5.39. The first-order valence-corrected chi connectivity index (χ1v) is 11.6. The van der Waals surface area contributed by atoms with Crippen molar-refractivity contribution >= 4 is 33.2 Å². The van der Waals surface area contributed by atoms with E-state index in [1.807, 2.05) is 31.2 Å². The van der Waals surface area contributed by atoms with Crippen LogP contribution >= 0.6 is 11.6 Å². The standard InChI is InChI=1S/C21H22ClF3N2O3S/c1-2-14-3-5-16(6-4-14)26-20(28)15-9-11-27(12-10-15)31(29,30)17-7-8-19(22)18(13-17)21(23,24)25/h3-8,13,15H,2,9-12H2,1H3,(H,26,28). The molecule has 3 rings (SSSR count). The van der Waals surface area contributed by atoms with Crippen molar-refractivity contribution in [2.75, 3.05) is 18.4 Å². The lowest BCUT2D eigenvalue weighted by atomic mass is 9.97. The summed E-state index contributed by atoms with van der Waals surface area (Å²) >= 11 is 5.58. The zero-order valence-corrected chi connectivity index (χ0v) is 18.3. The van der Waals surface area contributed by atoms with Gasteiger partial charge < -0.3 is 5.32 Å². The summed E-state index contributed by atoms with van der Waals surface area (Å²) in [4.78, 5) is 12.1. The summed E-state index contributed by atoms with van der Waals surface area (Å²) in [5.74, 6) is -0.583. The van der Waals surface area contributed by atoms with E-state index in [4.69, 9.17) is 11.6 Å². The molecule has 0 bridgehead atoms. The number of carbonyl (C=O) groups excluding carboxylic acids is 1. The molecule has 5 nitrogen and oxygen atoms in total. The number of benzene rings is 2. The highest BCUT2D eigenvalue weighted by Crippen LogP contribution is 2.36. The minimum absolute atomic E-state index is 0.0408. The monoisotopic (exact) mass is 474 g/mol. The third-order valence-corrected chi connectivity index (χ3v) is 7.56. The molecule has 2 aromatic carbocycles. The van der Waals surface area contributed by atoms with Gasteiger partial charge in [0.15, 0.2) is 0 Å². The number of piperidine rings is 1. The number of anilines is 1. The van der Waals surface area contributed by atoms with E-state index in [0.717, 1.165) is 28.4 Å². The first kappa shape index (κ1) is 23.6. The molecule has 2 aromatic rings. The van der Waals surface area contributed by atoms with Crippen molar-refractivity contribution in [2.24, 2.45) is 5.92 Å². The molecule has 10 heteroatoms. The molecule has 0 aromatic heterocycles. The largest absolute Gasteiger partial charge is 0.417 e. The fourth-order valence-electron chi connectivity index (χ4n) is 3.46. The SMILES string of the molecule is CCc1ccc(NC(=O)C2CCN(S(=O)(=O)c3ccc(Cl)c(C(F)(F)F)c3)CC2)cc1. The number of nitrogens with zero attached hydrogens (tertiary/aromatic N) is 1. The summed E-state index contributed by atoms with van der Waals surface area (Å²) in [6.45, 7) is 2.11. The average molecular weight is 475 g/mol. The van der Waals surface area contributed by atoms with Gasteiger partial charge in [0.25, 0.3) is 0 Å². The fourth-order valence-corrected chi connectivity index (χ4v) is 5.18. The van der Waals surface area contributed by atoms with Crippen LogP contribution in [-0.4, -0.2) is 31.7 Å². The van der Waals surface area contributed by atoms with Gasteiger partial charge in [-0.1, -0.05) is 30.7 Å². The van der Waals surface area contributed by atoms with Crippen molar-refractivity contribution in [3.63, 3.8) is 0 Å². The quantitative estimate of drug-likeness (QED) is 0.666. The van der Waals surface area contributed by atoms with E-state index in [-0.39, 0.29) is 37.8 Å². The number of hydrogen-bond acceptors (Lipinski definition) is 3. The maximum atomic E-state index is 13.1. The zero-order chi connectivity index (χ0) is 22.8. The Hall–Kier alpha value is -2.10. The Kier molecular flexibility index (Phi) is 6.98. The molecular formula is C21H22ClF3N2O3S. The number of hydrogen-bond donors (Lipinski definition) is 1. The number of halogens is 4. The van der Waals surface area contributed by atoms with E-state index in [1.54, 1.807) is 0 Å². The average Bonchev–Trinajstić information content (AvgIpc) is 2.73. The first-order valence-electron chi connectivity index (χ1n) is 9.79. The van der Waals surface area contributed by atoms with Crippen LogP contribution in [0.1, 0.15) is 30.9 Å². The number of aryl methyl sites for hydroxylation is 1. The summed E-state index contributed by atoms with van der Waals surface area (Å²) in [5.41, 5.74) is 0.615. The maximum Gasteiger partial charge on any atom is 0.417 e. The van der Waals surface area contributed by atoms with Crippen LogP contribution in [0.2, 0.25) is 5.02 Å². The Morgan fingerprint density at radius 2 is 1.74 bits per heavy atom. The Morgan fingerprint density at radius 3 is 2.29 bits per heavy atom. The van der Waals surface area contributed by atoms with E-state index in [0.29, 0.717) is 11.8 Å². The number of sulfonamides is 1. The number of amides is 1. The fraction of sp³-hybridized carbons (Fsp3) is 0.381. The molecule has 1 fully saturated rings. The van der Waals surface area contributed by atoms with Crippen molar-refractivity contribution < 1.29 is 26.4 Å². The zero-order valence-electron chi connectivity index (χ0n) is 16.7. The van der Waals surface area contributed by atoms with Gasteiger partial charge in [-0.25, -0.2) is 8.42 Å². The van der Waals surface area contributed by atoms with Crippen LogP contribution in [0.15, 0.2) is 47.4 Å². The molecule has 168 valence electrons. The van der Waals surface area contributed by atoms with Crippen LogP contribution < -0.4 is 5.32 Å². The number of carbonyl (C=O) groups is 1. The molecule has 31 heavy (non-hydrogen) atoms. The first-order chi connectivity index (χ1) is 14.5. The lowest BCUT2D eigenvalue weighted by molar-refractivity contribution is -0.137. The normalized spacial score (nSPS) is 16.3. The molecular weight excluding hydrogens is 453 g/mol. The van der Waals surface area contributed by atoms with Gasteiger partial charge in [-0.2, -0.15) is 17.5 Å². The van der Waals surface area contributed by atoms with Gasteiger partial charge >= 0.3 is 6.18 Å². The predicted octanol–water partition coefficient (Wildman–Crippen LogP) is 4.96. The topological polar surface area (TPSA) is 66.5 Å². The Balaban J connectivity index is 1.66. The molecule has 0 spiro atoms. The van der Waals surface area contributed by atoms with Gasteiger partial charge in [-0.15, -0.1) is 0 Å².